The molecule has 0 unspecified atom stereocenters. The Bertz CT molecular complexity index is 136. The highest BCUT2D eigenvalue weighted by Crippen LogP contribution is 2.27. The maximum Gasteiger partial charge on any atom is 0.0224 e. The number of halogens is 2. The average Bonchev–Trinajstić information content (AvgIpc) is 2.07. The Morgan fingerprint density at radius 3 is 2.23 bits per heavy atom. The lowest BCUT2D eigenvalue weighted by molar-refractivity contribution is 0.0737. The standard InChI is InChI=1S/C9H18N2.2ClH/c1-2-10-9-7-11-5-3-8(9)4-6-11;;/h8-10H,2-7H2,1H3;2*1H/t9-;;/m0../s1. The van der Waals surface area contributed by atoms with Crippen molar-refractivity contribution in [1.82, 2.24) is 10.2 Å². The number of fused-ring (bicyclic) bond motifs is 3. The van der Waals surface area contributed by atoms with Crippen LogP contribution in [0.5, 0.6) is 0 Å². The molecule has 2 bridgehead atoms. The van der Waals surface area contributed by atoms with Gasteiger partial charge in [-0.15, -0.1) is 24.8 Å². The Hall–Kier alpha value is 0.500. The van der Waals surface area contributed by atoms with Crippen LogP contribution in [0.25, 0.3) is 0 Å². The van der Waals surface area contributed by atoms with Gasteiger partial charge in [0.25, 0.3) is 0 Å². The lowest BCUT2D eigenvalue weighted by Gasteiger charge is -2.45. The molecule has 0 aromatic rings. The van der Waals surface area contributed by atoms with E-state index in [0.717, 1.165) is 18.5 Å². The quantitative estimate of drug-likeness (QED) is 0.769. The minimum absolute atomic E-state index is 0. The van der Waals surface area contributed by atoms with Gasteiger partial charge in [0.05, 0.1) is 0 Å². The highest BCUT2D eigenvalue weighted by atomic mass is 35.5. The van der Waals surface area contributed by atoms with Gasteiger partial charge in [-0.05, 0) is 38.4 Å². The predicted molar refractivity (Wildman–Crippen MR) is 61.1 cm³/mol. The molecule has 3 aliphatic rings. The molecule has 3 fully saturated rings. The first kappa shape index (κ1) is 13.5. The fourth-order valence-electron chi connectivity index (χ4n) is 2.46. The van der Waals surface area contributed by atoms with E-state index in [4.69, 9.17) is 0 Å². The van der Waals surface area contributed by atoms with Gasteiger partial charge in [0.15, 0.2) is 0 Å². The van der Waals surface area contributed by atoms with E-state index in [1.165, 1.54) is 32.5 Å². The molecule has 3 aliphatic heterocycles. The van der Waals surface area contributed by atoms with Crippen molar-refractivity contribution in [2.24, 2.45) is 5.92 Å². The Morgan fingerprint density at radius 2 is 1.85 bits per heavy atom. The summed E-state index contributed by atoms with van der Waals surface area (Å²) in [5, 5.41) is 3.57. The molecule has 1 atom stereocenters. The molecular weight excluding hydrogens is 207 g/mol. The maximum atomic E-state index is 3.57. The normalized spacial score (nSPS) is 36.2. The smallest absolute Gasteiger partial charge is 0.0224 e. The SMILES string of the molecule is CCN[C@H]1CN2CCC1CC2.Cl.Cl. The molecule has 0 aliphatic carbocycles. The summed E-state index contributed by atoms with van der Waals surface area (Å²) in [5.41, 5.74) is 0. The van der Waals surface area contributed by atoms with Gasteiger partial charge in [-0.3, -0.25) is 0 Å². The fourth-order valence-corrected chi connectivity index (χ4v) is 2.46. The summed E-state index contributed by atoms with van der Waals surface area (Å²) in [6.45, 7) is 7.35. The van der Waals surface area contributed by atoms with Gasteiger partial charge in [0, 0.05) is 12.6 Å². The van der Waals surface area contributed by atoms with Gasteiger partial charge in [-0.25, -0.2) is 0 Å². The second-order valence-corrected chi connectivity index (χ2v) is 3.80. The van der Waals surface area contributed by atoms with E-state index in [2.05, 4.69) is 17.1 Å². The summed E-state index contributed by atoms with van der Waals surface area (Å²) in [7, 11) is 0. The summed E-state index contributed by atoms with van der Waals surface area (Å²) in [6, 6.07) is 0.808. The minimum atomic E-state index is 0. The molecule has 3 heterocycles. The Kier molecular flexibility index (Phi) is 6.31. The van der Waals surface area contributed by atoms with Gasteiger partial charge in [-0.2, -0.15) is 0 Å². The first-order valence-corrected chi connectivity index (χ1v) is 4.86. The van der Waals surface area contributed by atoms with Crippen molar-refractivity contribution < 1.29 is 0 Å². The number of likely N-dealkylation sites (N-methyl/N-ethyl adjacent to an activating group) is 1. The molecule has 0 spiro atoms. The number of nitrogens with zero attached hydrogens (tertiary/aromatic N) is 1. The zero-order chi connectivity index (χ0) is 7.68. The van der Waals surface area contributed by atoms with Crippen LogP contribution in [0.1, 0.15) is 19.8 Å². The summed E-state index contributed by atoms with van der Waals surface area (Å²) in [6.07, 6.45) is 2.86. The van der Waals surface area contributed by atoms with E-state index < -0.39 is 0 Å². The van der Waals surface area contributed by atoms with E-state index in [1.807, 2.05) is 0 Å². The van der Waals surface area contributed by atoms with Crippen molar-refractivity contribution in [3.63, 3.8) is 0 Å². The predicted octanol–water partition coefficient (Wildman–Crippen LogP) is 1.53. The van der Waals surface area contributed by atoms with Gasteiger partial charge in [-0.1, -0.05) is 6.92 Å². The second kappa shape index (κ2) is 6.07. The summed E-state index contributed by atoms with van der Waals surface area (Å²) < 4.78 is 0. The first-order valence-electron chi connectivity index (χ1n) is 4.86. The van der Waals surface area contributed by atoms with Crippen LogP contribution in [0.3, 0.4) is 0 Å². The number of nitrogens with one attached hydrogen (secondary N) is 1. The maximum absolute atomic E-state index is 3.57. The van der Waals surface area contributed by atoms with Crippen LogP contribution in [0.2, 0.25) is 0 Å². The van der Waals surface area contributed by atoms with Crippen LogP contribution >= 0.6 is 24.8 Å². The third-order valence-corrected chi connectivity index (χ3v) is 3.12. The molecule has 0 aromatic carbocycles. The fraction of sp³-hybridized carbons (Fsp3) is 1.00. The Morgan fingerprint density at radius 1 is 1.23 bits per heavy atom. The summed E-state index contributed by atoms with van der Waals surface area (Å²) in [5.74, 6) is 0.986. The molecule has 13 heavy (non-hydrogen) atoms. The molecule has 0 saturated carbocycles. The molecule has 1 N–H and O–H groups in total. The molecule has 2 nitrogen and oxygen atoms in total. The monoisotopic (exact) mass is 226 g/mol. The van der Waals surface area contributed by atoms with E-state index in [-0.39, 0.29) is 24.8 Å². The lowest BCUT2D eigenvalue weighted by atomic mass is 9.84. The van der Waals surface area contributed by atoms with Crippen LogP contribution in [-0.4, -0.2) is 37.1 Å². The summed E-state index contributed by atoms with van der Waals surface area (Å²) in [4.78, 5) is 2.59. The largest absolute Gasteiger partial charge is 0.313 e. The zero-order valence-corrected chi connectivity index (χ0v) is 9.79. The van der Waals surface area contributed by atoms with Gasteiger partial charge < -0.3 is 10.2 Å². The van der Waals surface area contributed by atoms with E-state index >= 15 is 0 Å². The highest BCUT2D eigenvalue weighted by molar-refractivity contribution is 5.85. The molecule has 0 aromatic heterocycles. The van der Waals surface area contributed by atoms with Crippen molar-refractivity contribution in [2.75, 3.05) is 26.2 Å². The van der Waals surface area contributed by atoms with Gasteiger partial charge in [0.1, 0.15) is 0 Å². The van der Waals surface area contributed by atoms with Crippen molar-refractivity contribution in [2.45, 2.75) is 25.8 Å². The van der Waals surface area contributed by atoms with E-state index in [9.17, 15) is 0 Å². The molecule has 3 saturated heterocycles. The van der Waals surface area contributed by atoms with Crippen LogP contribution in [0.15, 0.2) is 0 Å². The molecule has 0 amide bonds. The van der Waals surface area contributed by atoms with Crippen molar-refractivity contribution in [3.8, 4) is 0 Å². The number of piperidine rings is 3. The Balaban J connectivity index is 0.000000720. The summed E-state index contributed by atoms with van der Waals surface area (Å²) >= 11 is 0. The molecular formula is C9H20Cl2N2. The first-order chi connectivity index (χ1) is 5.40. The molecule has 3 rings (SSSR count). The van der Waals surface area contributed by atoms with Crippen LogP contribution < -0.4 is 5.32 Å². The lowest BCUT2D eigenvalue weighted by Crippen LogP contribution is -2.55. The second-order valence-electron chi connectivity index (χ2n) is 3.80. The third kappa shape index (κ3) is 2.98. The number of hydrogen-bond donors (Lipinski definition) is 1. The zero-order valence-electron chi connectivity index (χ0n) is 8.16. The molecule has 4 heteroatoms. The van der Waals surface area contributed by atoms with Crippen molar-refractivity contribution in [1.29, 1.82) is 0 Å². The van der Waals surface area contributed by atoms with Crippen molar-refractivity contribution in [3.05, 3.63) is 0 Å². The van der Waals surface area contributed by atoms with Crippen LogP contribution in [0.4, 0.5) is 0 Å². The van der Waals surface area contributed by atoms with Crippen LogP contribution in [0, 0.1) is 5.92 Å². The molecule has 0 radical (unpaired) electrons. The van der Waals surface area contributed by atoms with Gasteiger partial charge in [0.2, 0.25) is 0 Å². The minimum Gasteiger partial charge on any atom is -0.313 e. The third-order valence-electron chi connectivity index (χ3n) is 3.12. The Labute approximate surface area is 93.3 Å². The van der Waals surface area contributed by atoms with Crippen LogP contribution in [-0.2, 0) is 0 Å². The highest BCUT2D eigenvalue weighted by Gasteiger charge is 2.32. The average molecular weight is 227 g/mol. The molecule has 80 valence electrons. The topological polar surface area (TPSA) is 15.3 Å². The van der Waals surface area contributed by atoms with Crippen molar-refractivity contribution >= 4 is 24.8 Å². The number of rotatable bonds is 2. The van der Waals surface area contributed by atoms with E-state index in [0.29, 0.717) is 0 Å². The van der Waals surface area contributed by atoms with Gasteiger partial charge >= 0.3 is 0 Å². The number of hydrogen-bond acceptors (Lipinski definition) is 2. The van der Waals surface area contributed by atoms with E-state index in [1.54, 1.807) is 0 Å².